The maximum Gasteiger partial charge on any atom is 0.292 e. The maximum absolute atomic E-state index is 12.5. The number of nitro benzene ring substituents is 1. The van der Waals surface area contributed by atoms with Crippen LogP contribution in [0.5, 0.6) is 0 Å². The molecular weight excluding hydrogens is 420 g/mol. The number of nitro groups is 1. The highest BCUT2D eigenvalue weighted by Gasteiger charge is 2.22. The fourth-order valence-corrected chi connectivity index (χ4v) is 4.20. The van der Waals surface area contributed by atoms with Gasteiger partial charge in [-0.3, -0.25) is 19.5 Å². The van der Waals surface area contributed by atoms with Crippen LogP contribution in [-0.4, -0.2) is 44.4 Å². The molecule has 3 aromatic rings. The summed E-state index contributed by atoms with van der Waals surface area (Å²) in [7, 11) is 0. The number of amides is 1. The molecule has 4 rings (SSSR count). The lowest BCUT2D eigenvalue weighted by atomic mass is 10.1. The molecule has 1 saturated heterocycles. The van der Waals surface area contributed by atoms with Crippen LogP contribution in [-0.2, 0) is 11.3 Å². The van der Waals surface area contributed by atoms with Crippen molar-refractivity contribution in [2.24, 2.45) is 0 Å². The van der Waals surface area contributed by atoms with Crippen molar-refractivity contribution >= 4 is 35.0 Å². The lowest BCUT2D eigenvalue weighted by Crippen LogP contribution is -2.32. The summed E-state index contributed by atoms with van der Waals surface area (Å²) in [5.74, 6) is 1.22. The lowest BCUT2D eigenvalue weighted by Gasteiger charge is -2.27. The minimum Gasteiger partial charge on any atom is -0.467 e. The van der Waals surface area contributed by atoms with Crippen molar-refractivity contribution in [2.45, 2.75) is 31.0 Å². The van der Waals surface area contributed by atoms with Gasteiger partial charge in [-0.2, -0.15) is 0 Å². The largest absolute Gasteiger partial charge is 0.467 e. The molecule has 2 aromatic heterocycles. The summed E-state index contributed by atoms with van der Waals surface area (Å²) in [5.41, 5.74) is 0.0263. The Hall–Kier alpha value is -3.34. The van der Waals surface area contributed by atoms with E-state index in [2.05, 4.69) is 20.4 Å². The standard InChI is InChI=1S/C20H22N6O4S/c27-18(21-16-8-2-3-9-17(16)26(28)29)14-31-20-23-22-19(24-10-4-1-5-11-24)25(20)13-15-7-6-12-30-15/h2-3,6-9,12H,1,4-5,10-11,13-14H2,(H,21,27). The van der Waals surface area contributed by atoms with Gasteiger partial charge in [-0.15, -0.1) is 10.2 Å². The second kappa shape index (κ2) is 9.65. The number of nitrogens with one attached hydrogen (secondary N) is 1. The fourth-order valence-electron chi connectivity index (χ4n) is 3.47. The molecule has 0 radical (unpaired) electrons. The van der Waals surface area contributed by atoms with Gasteiger partial charge in [0.1, 0.15) is 11.4 Å². The third-order valence-corrected chi connectivity index (χ3v) is 5.90. The van der Waals surface area contributed by atoms with E-state index in [4.69, 9.17) is 4.42 Å². The first kappa shape index (κ1) is 20.9. The average Bonchev–Trinajstić information content (AvgIpc) is 3.43. The van der Waals surface area contributed by atoms with Crippen LogP contribution >= 0.6 is 11.8 Å². The number of piperidine rings is 1. The number of para-hydroxylation sites is 2. The number of aromatic nitrogens is 3. The predicted octanol–water partition coefficient (Wildman–Crippen LogP) is 3.55. The van der Waals surface area contributed by atoms with Crippen LogP contribution in [0.4, 0.5) is 17.3 Å². The van der Waals surface area contributed by atoms with Gasteiger partial charge >= 0.3 is 0 Å². The Morgan fingerprint density at radius 3 is 2.71 bits per heavy atom. The van der Waals surface area contributed by atoms with Crippen LogP contribution in [0.25, 0.3) is 0 Å². The number of benzene rings is 1. The molecule has 1 aliphatic rings. The number of carbonyl (C=O) groups excluding carboxylic acids is 1. The number of rotatable bonds is 8. The van der Waals surface area contributed by atoms with Crippen LogP contribution in [0, 0.1) is 10.1 Å². The maximum atomic E-state index is 12.5. The van der Waals surface area contributed by atoms with Gasteiger partial charge in [-0.25, -0.2) is 0 Å². The van der Waals surface area contributed by atoms with E-state index in [1.807, 2.05) is 16.7 Å². The zero-order valence-corrected chi connectivity index (χ0v) is 17.6. The van der Waals surface area contributed by atoms with Crippen LogP contribution in [0.1, 0.15) is 25.0 Å². The van der Waals surface area contributed by atoms with Crippen molar-refractivity contribution in [3.63, 3.8) is 0 Å². The first-order valence-electron chi connectivity index (χ1n) is 9.98. The summed E-state index contributed by atoms with van der Waals surface area (Å²) in [6.07, 6.45) is 5.03. The minimum absolute atomic E-state index is 0.0440. The zero-order chi connectivity index (χ0) is 21.6. The molecule has 162 valence electrons. The minimum atomic E-state index is -0.520. The Labute approximate surface area is 182 Å². The van der Waals surface area contributed by atoms with Gasteiger partial charge in [-0.05, 0) is 37.5 Å². The summed E-state index contributed by atoms with van der Waals surface area (Å²) in [6.45, 7) is 2.29. The number of hydrogen-bond acceptors (Lipinski definition) is 8. The molecule has 1 amide bonds. The van der Waals surface area contributed by atoms with E-state index in [1.165, 1.54) is 30.3 Å². The van der Waals surface area contributed by atoms with E-state index in [1.54, 1.807) is 18.4 Å². The van der Waals surface area contributed by atoms with Gasteiger partial charge in [0.15, 0.2) is 5.16 Å². The fraction of sp³-hybridized carbons (Fsp3) is 0.350. The summed E-state index contributed by atoms with van der Waals surface area (Å²) in [5, 5.41) is 23.0. The van der Waals surface area contributed by atoms with Gasteiger partial charge in [0.05, 0.1) is 23.5 Å². The van der Waals surface area contributed by atoms with Gasteiger partial charge in [0.25, 0.3) is 5.69 Å². The van der Waals surface area contributed by atoms with E-state index in [0.717, 1.165) is 37.6 Å². The number of furan rings is 1. The van der Waals surface area contributed by atoms with Gasteiger partial charge < -0.3 is 14.6 Å². The molecule has 1 aliphatic heterocycles. The van der Waals surface area contributed by atoms with E-state index in [0.29, 0.717) is 11.7 Å². The van der Waals surface area contributed by atoms with Crippen molar-refractivity contribution in [2.75, 3.05) is 29.1 Å². The van der Waals surface area contributed by atoms with Crippen LogP contribution in [0.2, 0.25) is 0 Å². The molecule has 0 spiro atoms. The monoisotopic (exact) mass is 442 g/mol. The SMILES string of the molecule is O=C(CSc1nnc(N2CCCCC2)n1Cc1ccco1)Nc1ccccc1[N+](=O)[O-]. The third kappa shape index (κ3) is 5.05. The smallest absolute Gasteiger partial charge is 0.292 e. The van der Waals surface area contributed by atoms with Gasteiger partial charge in [-0.1, -0.05) is 23.9 Å². The predicted molar refractivity (Wildman–Crippen MR) is 116 cm³/mol. The van der Waals surface area contributed by atoms with E-state index in [9.17, 15) is 14.9 Å². The second-order valence-corrected chi connectivity index (χ2v) is 8.05. The highest BCUT2D eigenvalue weighted by Crippen LogP contribution is 2.27. The number of thioether (sulfide) groups is 1. The normalized spacial score (nSPS) is 13.9. The molecular formula is C20H22N6O4S. The first-order valence-corrected chi connectivity index (χ1v) is 11.0. The molecule has 0 unspecified atom stereocenters. The first-order chi connectivity index (χ1) is 15.1. The Bertz CT molecular complexity index is 1050. The van der Waals surface area contributed by atoms with Crippen molar-refractivity contribution < 1.29 is 14.1 Å². The number of hydrogen-bond donors (Lipinski definition) is 1. The molecule has 11 heteroatoms. The van der Waals surface area contributed by atoms with Gasteiger partial charge in [0.2, 0.25) is 11.9 Å². The summed E-state index contributed by atoms with van der Waals surface area (Å²) in [6, 6.07) is 9.77. The van der Waals surface area contributed by atoms with E-state index < -0.39 is 4.92 Å². The number of nitrogens with zero attached hydrogens (tertiary/aromatic N) is 5. The topological polar surface area (TPSA) is 119 Å². The Balaban J connectivity index is 1.48. The van der Waals surface area contributed by atoms with E-state index >= 15 is 0 Å². The van der Waals surface area contributed by atoms with Crippen molar-refractivity contribution in [1.82, 2.24) is 14.8 Å². The van der Waals surface area contributed by atoms with Crippen LogP contribution in [0.15, 0.2) is 52.2 Å². The Kier molecular flexibility index (Phi) is 6.51. The molecule has 1 aromatic carbocycles. The zero-order valence-electron chi connectivity index (χ0n) is 16.8. The molecule has 0 bridgehead atoms. The highest BCUT2D eigenvalue weighted by atomic mass is 32.2. The average molecular weight is 443 g/mol. The second-order valence-electron chi connectivity index (χ2n) is 7.11. The van der Waals surface area contributed by atoms with Crippen LogP contribution in [0.3, 0.4) is 0 Å². The molecule has 1 fully saturated rings. The molecule has 1 N–H and O–H groups in total. The molecule has 3 heterocycles. The molecule has 10 nitrogen and oxygen atoms in total. The molecule has 0 atom stereocenters. The van der Waals surface area contributed by atoms with Crippen molar-refractivity contribution in [1.29, 1.82) is 0 Å². The number of carbonyl (C=O) groups is 1. The van der Waals surface area contributed by atoms with Crippen molar-refractivity contribution in [3.05, 3.63) is 58.5 Å². The quantitative estimate of drug-likeness (QED) is 0.320. The van der Waals surface area contributed by atoms with Gasteiger partial charge in [0, 0.05) is 19.2 Å². The van der Waals surface area contributed by atoms with Crippen LogP contribution < -0.4 is 10.2 Å². The number of anilines is 2. The summed E-state index contributed by atoms with van der Waals surface area (Å²) >= 11 is 1.23. The molecule has 0 saturated carbocycles. The summed E-state index contributed by atoms with van der Waals surface area (Å²) < 4.78 is 7.45. The third-order valence-electron chi connectivity index (χ3n) is 4.94. The Morgan fingerprint density at radius 1 is 1.16 bits per heavy atom. The highest BCUT2D eigenvalue weighted by molar-refractivity contribution is 7.99. The Morgan fingerprint density at radius 2 is 1.97 bits per heavy atom. The molecule has 0 aliphatic carbocycles. The van der Waals surface area contributed by atoms with E-state index in [-0.39, 0.29) is 23.0 Å². The summed E-state index contributed by atoms with van der Waals surface area (Å²) in [4.78, 5) is 25.3. The molecule has 31 heavy (non-hydrogen) atoms. The lowest BCUT2D eigenvalue weighted by molar-refractivity contribution is -0.383. The van der Waals surface area contributed by atoms with Crippen molar-refractivity contribution in [3.8, 4) is 0 Å².